The molecule has 0 radical (unpaired) electrons. The van der Waals surface area contributed by atoms with E-state index < -0.39 is 0 Å². The van der Waals surface area contributed by atoms with E-state index in [1.165, 1.54) is 15.9 Å². The first-order chi connectivity index (χ1) is 12.1. The van der Waals surface area contributed by atoms with Crippen molar-refractivity contribution in [2.75, 3.05) is 7.11 Å². The van der Waals surface area contributed by atoms with Crippen LogP contribution in [-0.4, -0.2) is 21.7 Å². The van der Waals surface area contributed by atoms with Crippen LogP contribution in [0, 0.1) is 0 Å². The van der Waals surface area contributed by atoms with Crippen molar-refractivity contribution >= 4 is 34.0 Å². The van der Waals surface area contributed by atoms with E-state index in [2.05, 4.69) is 10.1 Å². The number of hydrogen-bond acceptors (Lipinski definition) is 5. The van der Waals surface area contributed by atoms with Crippen LogP contribution in [0.2, 0.25) is 5.02 Å². The smallest absolute Gasteiger partial charge is 0.291 e. The van der Waals surface area contributed by atoms with Crippen LogP contribution in [0.3, 0.4) is 0 Å². The lowest BCUT2D eigenvalue weighted by atomic mass is 10.2. The first-order valence-corrected chi connectivity index (χ1v) is 8.65. The lowest BCUT2D eigenvalue weighted by Crippen LogP contribution is -2.23. The maximum atomic E-state index is 12.6. The quantitative estimate of drug-likeness (QED) is 0.557. The van der Waals surface area contributed by atoms with Crippen LogP contribution >= 0.6 is 22.9 Å². The van der Waals surface area contributed by atoms with Gasteiger partial charge in [-0.05, 0) is 35.9 Å². The Morgan fingerprint density at radius 3 is 2.68 bits per heavy atom. The summed E-state index contributed by atoms with van der Waals surface area (Å²) in [4.78, 5) is 17.6. The van der Waals surface area contributed by atoms with E-state index in [0.717, 1.165) is 16.9 Å². The third kappa shape index (κ3) is 3.01. The monoisotopic (exact) mass is 369 g/mol. The lowest BCUT2D eigenvalue weighted by molar-refractivity contribution is 0.415. The minimum Gasteiger partial charge on any atom is -0.497 e. The predicted octanol–water partition coefficient (Wildman–Crippen LogP) is 3.03. The van der Waals surface area contributed by atoms with Crippen LogP contribution in [0.4, 0.5) is 0 Å². The molecule has 4 aromatic rings. The number of thiazole rings is 1. The first-order valence-electron chi connectivity index (χ1n) is 7.45. The molecule has 0 unspecified atom stereocenters. The van der Waals surface area contributed by atoms with Crippen molar-refractivity contribution in [1.29, 1.82) is 0 Å². The number of nitrogens with zero attached hydrogens (tertiary/aromatic N) is 3. The summed E-state index contributed by atoms with van der Waals surface area (Å²) in [6.45, 7) is 0. The van der Waals surface area contributed by atoms with E-state index >= 15 is 0 Å². The largest absolute Gasteiger partial charge is 0.497 e. The zero-order chi connectivity index (χ0) is 17.4. The zero-order valence-electron chi connectivity index (χ0n) is 13.1. The minimum absolute atomic E-state index is 0.184. The van der Waals surface area contributed by atoms with E-state index in [1.54, 1.807) is 19.2 Å². The van der Waals surface area contributed by atoms with Gasteiger partial charge in [0.1, 0.15) is 5.75 Å². The summed E-state index contributed by atoms with van der Waals surface area (Å²) in [5, 5.41) is 4.92. The highest BCUT2D eigenvalue weighted by Gasteiger charge is 2.12. The topological polar surface area (TPSA) is 56.5 Å². The van der Waals surface area contributed by atoms with Gasteiger partial charge < -0.3 is 4.74 Å². The summed E-state index contributed by atoms with van der Waals surface area (Å²) >= 11 is 7.31. The molecule has 0 saturated heterocycles. The van der Waals surface area contributed by atoms with Crippen molar-refractivity contribution in [1.82, 2.24) is 14.6 Å². The summed E-state index contributed by atoms with van der Waals surface area (Å²) in [5.74, 6) is 1.26. The molecule has 0 amide bonds. The average Bonchev–Trinajstić information content (AvgIpc) is 3.16. The fourth-order valence-electron chi connectivity index (χ4n) is 2.44. The van der Waals surface area contributed by atoms with Crippen molar-refractivity contribution < 1.29 is 4.74 Å². The second-order valence-corrected chi connectivity index (χ2v) is 6.77. The highest BCUT2D eigenvalue weighted by atomic mass is 35.5. The Morgan fingerprint density at radius 1 is 1.20 bits per heavy atom. The van der Waals surface area contributed by atoms with Gasteiger partial charge in [0.15, 0.2) is 5.82 Å². The minimum atomic E-state index is -0.184. The molecule has 25 heavy (non-hydrogen) atoms. The zero-order valence-corrected chi connectivity index (χ0v) is 14.7. The number of halogens is 1. The first kappa shape index (κ1) is 15.8. The lowest BCUT2D eigenvalue weighted by Gasteiger charge is -1.98. The SMILES string of the molecule is COc1ccc(/C=c2\sc3nc(-c4cccc(Cl)c4)nn3c2=O)cc1. The number of fused-ring (bicyclic) bond motifs is 1. The fraction of sp³-hybridized carbons (Fsp3) is 0.0556. The summed E-state index contributed by atoms with van der Waals surface area (Å²) in [6.07, 6.45) is 1.82. The second kappa shape index (κ2) is 6.31. The number of aromatic nitrogens is 3. The van der Waals surface area contributed by atoms with E-state index in [1.807, 2.05) is 42.5 Å². The van der Waals surface area contributed by atoms with Gasteiger partial charge in [-0.15, -0.1) is 5.10 Å². The van der Waals surface area contributed by atoms with Crippen LogP contribution in [0.1, 0.15) is 5.56 Å². The molecule has 2 aromatic heterocycles. The highest BCUT2D eigenvalue weighted by molar-refractivity contribution is 7.15. The van der Waals surface area contributed by atoms with Crippen molar-refractivity contribution in [2.24, 2.45) is 0 Å². The van der Waals surface area contributed by atoms with E-state index in [4.69, 9.17) is 16.3 Å². The summed E-state index contributed by atoms with van der Waals surface area (Å²) in [6, 6.07) is 14.7. The molecule has 2 aromatic carbocycles. The third-order valence-electron chi connectivity index (χ3n) is 3.68. The van der Waals surface area contributed by atoms with Crippen LogP contribution in [0.25, 0.3) is 22.4 Å². The van der Waals surface area contributed by atoms with Crippen molar-refractivity contribution in [3.05, 3.63) is 74.0 Å². The molecule has 0 fully saturated rings. The van der Waals surface area contributed by atoms with Gasteiger partial charge in [-0.1, -0.05) is 47.2 Å². The highest BCUT2D eigenvalue weighted by Crippen LogP contribution is 2.20. The molecule has 0 aliphatic rings. The number of benzene rings is 2. The Labute approximate surface area is 151 Å². The van der Waals surface area contributed by atoms with Crippen LogP contribution in [0.15, 0.2) is 53.3 Å². The molecule has 7 heteroatoms. The van der Waals surface area contributed by atoms with Gasteiger partial charge >= 0.3 is 0 Å². The molecular formula is C18H12ClN3O2S. The van der Waals surface area contributed by atoms with Crippen molar-refractivity contribution in [2.45, 2.75) is 0 Å². The summed E-state index contributed by atoms with van der Waals surface area (Å²) in [7, 11) is 1.62. The molecular weight excluding hydrogens is 358 g/mol. The van der Waals surface area contributed by atoms with Gasteiger partial charge in [-0.2, -0.15) is 9.50 Å². The van der Waals surface area contributed by atoms with Gasteiger partial charge in [0.05, 0.1) is 11.6 Å². The Kier molecular flexibility index (Phi) is 3.99. The standard InChI is InChI=1S/C18H12ClN3O2S/c1-24-14-7-5-11(6-8-14)9-15-17(23)22-18(25-15)20-16(21-22)12-3-2-4-13(19)10-12/h2-10H,1H3/b15-9-. The van der Waals surface area contributed by atoms with E-state index in [0.29, 0.717) is 20.3 Å². The third-order valence-corrected chi connectivity index (χ3v) is 4.87. The molecule has 5 nitrogen and oxygen atoms in total. The predicted molar refractivity (Wildman–Crippen MR) is 99.4 cm³/mol. The van der Waals surface area contributed by atoms with Gasteiger partial charge in [0.25, 0.3) is 5.56 Å². The number of ether oxygens (including phenoxy) is 1. The molecule has 2 heterocycles. The van der Waals surface area contributed by atoms with Crippen molar-refractivity contribution in [3.63, 3.8) is 0 Å². The maximum Gasteiger partial charge on any atom is 0.291 e. The van der Waals surface area contributed by atoms with Gasteiger partial charge in [-0.3, -0.25) is 4.79 Å². The molecule has 0 saturated carbocycles. The molecule has 0 N–H and O–H groups in total. The fourth-order valence-corrected chi connectivity index (χ4v) is 3.53. The molecule has 0 atom stereocenters. The van der Waals surface area contributed by atoms with Gasteiger partial charge in [0, 0.05) is 10.6 Å². The number of rotatable bonds is 3. The molecule has 0 bridgehead atoms. The Hall–Kier alpha value is -2.70. The maximum absolute atomic E-state index is 12.6. The van der Waals surface area contributed by atoms with Crippen LogP contribution in [0.5, 0.6) is 5.75 Å². The Bertz CT molecular complexity index is 1170. The van der Waals surface area contributed by atoms with E-state index in [9.17, 15) is 4.79 Å². The second-order valence-electron chi connectivity index (χ2n) is 5.33. The van der Waals surface area contributed by atoms with Gasteiger partial charge in [0.2, 0.25) is 4.96 Å². The average molecular weight is 370 g/mol. The normalized spacial score (nSPS) is 12.0. The summed E-state index contributed by atoms with van der Waals surface area (Å²) < 4.78 is 7.05. The van der Waals surface area contributed by atoms with Crippen LogP contribution < -0.4 is 14.8 Å². The molecule has 0 aliphatic heterocycles. The molecule has 0 aliphatic carbocycles. The Balaban J connectivity index is 1.77. The number of methoxy groups -OCH3 is 1. The molecule has 124 valence electrons. The van der Waals surface area contributed by atoms with Crippen molar-refractivity contribution in [3.8, 4) is 17.1 Å². The number of hydrogen-bond donors (Lipinski definition) is 0. The molecule has 4 rings (SSSR count). The molecule has 0 spiro atoms. The summed E-state index contributed by atoms with van der Waals surface area (Å²) in [5.41, 5.74) is 1.51. The van der Waals surface area contributed by atoms with Gasteiger partial charge in [-0.25, -0.2) is 0 Å². The van der Waals surface area contributed by atoms with E-state index in [-0.39, 0.29) is 5.56 Å². The Morgan fingerprint density at radius 2 is 2.00 bits per heavy atom. The van der Waals surface area contributed by atoms with Crippen LogP contribution in [-0.2, 0) is 0 Å².